The predicted octanol–water partition coefficient (Wildman–Crippen LogP) is 4.35. The standard InChI is InChI=1S/C32H32F2N6O3/c33-18-12-32(8-3-9-39(32)13-18)16-43-31-37-28-25-29(38-31)40-14-19-6-7-23(35-19)24(40)15-42-30(25)36-27(26(28)34)22-11-20(41)10-17-4-1-2-5-21(17)22/h1-2,4-5,10-11,18-19,23-24,35,41H,3,6-9,12-16H2/t18-,19-,23+,24+,32+/m1/s1. The number of nitrogens with one attached hydrogen (secondary N) is 1. The third-order valence-electron chi connectivity index (χ3n) is 10.3. The third kappa shape index (κ3) is 3.90. The summed E-state index contributed by atoms with van der Waals surface area (Å²) in [6.45, 7) is 2.58. The first-order chi connectivity index (χ1) is 21.0. The highest BCUT2D eigenvalue weighted by molar-refractivity contribution is 6.02. The van der Waals surface area contributed by atoms with E-state index in [4.69, 9.17) is 19.4 Å². The number of benzene rings is 2. The van der Waals surface area contributed by atoms with E-state index in [2.05, 4.69) is 20.1 Å². The maximum Gasteiger partial charge on any atom is 0.319 e. The molecule has 2 N–H and O–H groups in total. The Morgan fingerprint density at radius 2 is 2.05 bits per heavy atom. The molecule has 2 aromatic heterocycles. The second-order valence-corrected chi connectivity index (χ2v) is 12.8. The number of anilines is 1. The SMILES string of the molecule is Oc1cc(-c2nc3c4c(nc(OC[C@@]56CCCN5C[C@H](F)C6)nc4c2F)N2C[C@H]4CC[C@H](N4)[C@@H]2CO3)c2ccccc2c1. The van der Waals surface area contributed by atoms with Crippen LogP contribution in [0.1, 0.15) is 32.1 Å². The molecule has 5 aliphatic rings. The third-order valence-corrected chi connectivity index (χ3v) is 10.3. The Labute approximate surface area is 246 Å². The normalized spacial score (nSPS) is 29.5. The lowest BCUT2D eigenvalue weighted by Crippen LogP contribution is -2.60. The summed E-state index contributed by atoms with van der Waals surface area (Å²) >= 11 is 0. The number of aromatic hydroxyl groups is 1. The molecule has 9 rings (SSSR count). The highest BCUT2D eigenvalue weighted by atomic mass is 19.1. The smallest absolute Gasteiger partial charge is 0.319 e. The number of alkyl halides is 1. The van der Waals surface area contributed by atoms with Crippen molar-refractivity contribution in [3.8, 4) is 28.9 Å². The Hall–Kier alpha value is -3.83. The van der Waals surface area contributed by atoms with Crippen molar-refractivity contribution in [2.24, 2.45) is 0 Å². The summed E-state index contributed by atoms with van der Waals surface area (Å²) in [6.07, 6.45) is 3.46. The Morgan fingerprint density at radius 1 is 1.14 bits per heavy atom. The summed E-state index contributed by atoms with van der Waals surface area (Å²) in [5.74, 6) is 0.206. The monoisotopic (exact) mass is 586 g/mol. The quantitative estimate of drug-likeness (QED) is 0.362. The van der Waals surface area contributed by atoms with Gasteiger partial charge in [-0.2, -0.15) is 9.97 Å². The molecule has 9 nitrogen and oxygen atoms in total. The van der Waals surface area contributed by atoms with Gasteiger partial charge in [-0.05, 0) is 55.1 Å². The summed E-state index contributed by atoms with van der Waals surface area (Å²) in [4.78, 5) is 18.7. The van der Waals surface area contributed by atoms with E-state index in [9.17, 15) is 9.50 Å². The first-order valence-corrected chi connectivity index (χ1v) is 15.3. The van der Waals surface area contributed by atoms with E-state index in [1.54, 1.807) is 6.07 Å². The minimum absolute atomic E-state index is 0.0107. The molecule has 0 aliphatic carbocycles. The second kappa shape index (κ2) is 9.33. The molecule has 4 saturated heterocycles. The fraction of sp³-hybridized carbons (Fsp3) is 0.469. The average Bonchev–Trinajstić information content (AvgIpc) is 3.64. The van der Waals surface area contributed by atoms with Crippen molar-refractivity contribution in [3.05, 3.63) is 42.2 Å². The molecule has 5 aliphatic heterocycles. The molecule has 5 atom stereocenters. The Morgan fingerprint density at radius 3 is 2.98 bits per heavy atom. The minimum Gasteiger partial charge on any atom is -0.508 e. The van der Waals surface area contributed by atoms with E-state index >= 15 is 4.39 Å². The second-order valence-electron chi connectivity index (χ2n) is 12.8. The number of hydrogen-bond acceptors (Lipinski definition) is 9. The molecule has 0 saturated carbocycles. The largest absolute Gasteiger partial charge is 0.508 e. The van der Waals surface area contributed by atoms with Crippen LogP contribution in [0.15, 0.2) is 36.4 Å². The van der Waals surface area contributed by atoms with Gasteiger partial charge < -0.3 is 24.8 Å². The van der Waals surface area contributed by atoms with Crippen LogP contribution in [0.25, 0.3) is 32.9 Å². The lowest BCUT2D eigenvalue weighted by molar-refractivity contribution is 0.107. The van der Waals surface area contributed by atoms with Crippen molar-refractivity contribution >= 4 is 27.5 Å². The van der Waals surface area contributed by atoms with E-state index in [0.717, 1.165) is 43.0 Å². The average molecular weight is 587 g/mol. The number of hydrogen-bond donors (Lipinski definition) is 2. The number of nitrogens with zero attached hydrogens (tertiary/aromatic N) is 5. The molecule has 0 spiro atoms. The number of ether oxygens (including phenoxy) is 2. The van der Waals surface area contributed by atoms with Crippen molar-refractivity contribution in [2.45, 2.75) is 61.9 Å². The van der Waals surface area contributed by atoms with Crippen LogP contribution in [0.4, 0.5) is 14.6 Å². The molecule has 0 radical (unpaired) electrons. The molecule has 222 valence electrons. The van der Waals surface area contributed by atoms with Gasteiger partial charge in [-0.25, -0.2) is 13.8 Å². The Bertz CT molecular complexity index is 1790. The van der Waals surface area contributed by atoms with Crippen LogP contribution >= 0.6 is 0 Å². The summed E-state index contributed by atoms with van der Waals surface area (Å²) in [5.41, 5.74) is 0.163. The van der Waals surface area contributed by atoms with E-state index in [1.807, 2.05) is 24.3 Å². The Balaban J connectivity index is 1.22. The van der Waals surface area contributed by atoms with Crippen molar-refractivity contribution < 1.29 is 23.4 Å². The highest BCUT2D eigenvalue weighted by Gasteiger charge is 2.50. The number of rotatable bonds is 4. The van der Waals surface area contributed by atoms with Crippen molar-refractivity contribution in [2.75, 3.05) is 37.7 Å². The minimum atomic E-state index is -0.883. The summed E-state index contributed by atoms with van der Waals surface area (Å²) in [5, 5.41) is 16.2. The molecule has 43 heavy (non-hydrogen) atoms. The van der Waals surface area contributed by atoms with Gasteiger partial charge in [0.15, 0.2) is 5.82 Å². The van der Waals surface area contributed by atoms with Crippen LogP contribution in [-0.4, -0.2) is 87.6 Å². The lowest BCUT2D eigenvalue weighted by atomic mass is 9.95. The maximum absolute atomic E-state index is 16.8. The molecule has 4 aromatic rings. The van der Waals surface area contributed by atoms with E-state index in [-0.39, 0.29) is 53.1 Å². The van der Waals surface area contributed by atoms with Crippen LogP contribution in [-0.2, 0) is 0 Å². The van der Waals surface area contributed by atoms with E-state index in [1.165, 1.54) is 6.07 Å². The van der Waals surface area contributed by atoms with Gasteiger partial charge in [-0.1, -0.05) is 24.3 Å². The number of aromatic nitrogens is 3. The highest BCUT2D eigenvalue weighted by Crippen LogP contribution is 2.45. The molecule has 11 heteroatoms. The molecule has 0 amide bonds. The first kappa shape index (κ1) is 25.6. The van der Waals surface area contributed by atoms with Gasteiger partial charge in [-0.15, -0.1) is 0 Å². The van der Waals surface area contributed by atoms with Crippen LogP contribution < -0.4 is 19.7 Å². The van der Waals surface area contributed by atoms with Crippen LogP contribution in [0.2, 0.25) is 0 Å². The van der Waals surface area contributed by atoms with Gasteiger partial charge in [0.05, 0.1) is 11.6 Å². The fourth-order valence-corrected chi connectivity index (χ4v) is 8.30. The topological polar surface area (TPSA) is 95.9 Å². The summed E-state index contributed by atoms with van der Waals surface area (Å²) in [7, 11) is 0. The summed E-state index contributed by atoms with van der Waals surface area (Å²) in [6, 6.07) is 11.2. The van der Waals surface area contributed by atoms with Gasteiger partial charge in [0, 0.05) is 37.2 Å². The molecule has 4 fully saturated rings. The number of fused-ring (bicyclic) bond motifs is 7. The number of phenolic OH excluding ortho intramolecular Hbond substituents is 1. The zero-order chi connectivity index (χ0) is 28.9. The molecule has 7 heterocycles. The molecule has 0 unspecified atom stereocenters. The zero-order valence-corrected chi connectivity index (χ0v) is 23.6. The van der Waals surface area contributed by atoms with Gasteiger partial charge in [0.25, 0.3) is 0 Å². The number of phenols is 1. The van der Waals surface area contributed by atoms with Gasteiger partial charge in [0.2, 0.25) is 5.88 Å². The fourth-order valence-electron chi connectivity index (χ4n) is 8.30. The van der Waals surface area contributed by atoms with Crippen LogP contribution in [0.3, 0.4) is 0 Å². The molecular weight excluding hydrogens is 554 g/mol. The van der Waals surface area contributed by atoms with Crippen molar-refractivity contribution in [1.29, 1.82) is 0 Å². The van der Waals surface area contributed by atoms with Crippen LogP contribution in [0, 0.1) is 5.82 Å². The van der Waals surface area contributed by atoms with Gasteiger partial charge >= 0.3 is 6.01 Å². The summed E-state index contributed by atoms with van der Waals surface area (Å²) < 4.78 is 43.9. The van der Waals surface area contributed by atoms with Crippen molar-refractivity contribution in [3.63, 3.8) is 0 Å². The van der Waals surface area contributed by atoms with Gasteiger partial charge in [-0.3, -0.25) is 4.90 Å². The van der Waals surface area contributed by atoms with Crippen molar-refractivity contribution in [1.82, 2.24) is 25.2 Å². The maximum atomic E-state index is 16.8. The predicted molar refractivity (Wildman–Crippen MR) is 157 cm³/mol. The number of halogens is 2. The molecular formula is C32H32F2N6O3. The lowest BCUT2D eigenvalue weighted by Gasteiger charge is -2.40. The van der Waals surface area contributed by atoms with E-state index in [0.29, 0.717) is 48.9 Å². The van der Waals surface area contributed by atoms with Crippen LogP contribution in [0.5, 0.6) is 17.6 Å². The first-order valence-electron chi connectivity index (χ1n) is 15.3. The van der Waals surface area contributed by atoms with E-state index < -0.39 is 12.0 Å². The molecule has 2 bridgehead atoms. The number of pyridine rings is 1. The molecule has 2 aromatic carbocycles. The van der Waals surface area contributed by atoms with Gasteiger partial charge in [0.1, 0.15) is 47.5 Å². The Kier molecular flexibility index (Phi) is 5.57. The number of piperazine rings is 1. The zero-order valence-electron chi connectivity index (χ0n) is 23.6.